The fourth-order valence-corrected chi connectivity index (χ4v) is 4.85. The highest BCUT2D eigenvalue weighted by molar-refractivity contribution is 6.31. The van der Waals surface area contributed by atoms with Crippen molar-refractivity contribution in [3.8, 4) is 0 Å². The number of morpholine rings is 1. The van der Waals surface area contributed by atoms with E-state index in [0.29, 0.717) is 48.2 Å². The molecule has 7 nitrogen and oxygen atoms in total. The fraction of sp³-hybridized carbons (Fsp3) is 0.370. The lowest BCUT2D eigenvalue weighted by molar-refractivity contribution is -0.140. The molecular weight excluding hydrogens is 468 g/mol. The van der Waals surface area contributed by atoms with E-state index in [1.54, 1.807) is 41.8 Å². The van der Waals surface area contributed by atoms with Gasteiger partial charge in [0.15, 0.2) is 0 Å². The summed E-state index contributed by atoms with van der Waals surface area (Å²) in [6.07, 6.45) is 0.114. The first-order valence-electron chi connectivity index (χ1n) is 11.8. The first-order chi connectivity index (χ1) is 16.9. The van der Waals surface area contributed by atoms with Gasteiger partial charge in [0.1, 0.15) is 0 Å². The van der Waals surface area contributed by atoms with E-state index < -0.39 is 11.9 Å². The Kier molecular flexibility index (Phi) is 7.88. The molecule has 2 aromatic carbocycles. The molecule has 2 aliphatic heterocycles. The third-order valence-corrected chi connectivity index (χ3v) is 6.78. The van der Waals surface area contributed by atoms with Gasteiger partial charge in [-0.05, 0) is 43.2 Å². The second kappa shape index (κ2) is 11.1. The average molecular weight is 497 g/mol. The van der Waals surface area contributed by atoms with Crippen molar-refractivity contribution in [2.75, 3.05) is 32.9 Å². The van der Waals surface area contributed by atoms with Crippen LogP contribution in [0.2, 0.25) is 5.02 Å². The number of halogens is 1. The van der Waals surface area contributed by atoms with Crippen LogP contribution in [0.5, 0.6) is 0 Å². The Bertz CT molecular complexity index is 1140. The SMILES string of the molecule is CCOC(=O)C1=C(C)N(Cc2ccc(C(=O)N3CCOCC3)cc2)C(=O)CC1c1ccccc1Cl. The second-order valence-corrected chi connectivity index (χ2v) is 8.99. The van der Waals surface area contributed by atoms with Gasteiger partial charge in [0.25, 0.3) is 5.91 Å². The predicted molar refractivity (Wildman–Crippen MR) is 132 cm³/mol. The largest absolute Gasteiger partial charge is 0.463 e. The number of carbonyl (C=O) groups is 3. The van der Waals surface area contributed by atoms with Gasteiger partial charge in [0, 0.05) is 41.7 Å². The Labute approximate surface area is 210 Å². The molecule has 35 heavy (non-hydrogen) atoms. The molecule has 0 aromatic heterocycles. The van der Waals surface area contributed by atoms with E-state index in [1.165, 1.54) is 0 Å². The summed E-state index contributed by atoms with van der Waals surface area (Å²) in [4.78, 5) is 42.3. The summed E-state index contributed by atoms with van der Waals surface area (Å²) in [6.45, 7) is 6.29. The molecule has 8 heteroatoms. The van der Waals surface area contributed by atoms with E-state index in [4.69, 9.17) is 21.1 Å². The first kappa shape index (κ1) is 24.9. The zero-order chi connectivity index (χ0) is 24.9. The molecule has 2 aromatic rings. The lowest BCUT2D eigenvalue weighted by atomic mass is 9.83. The summed E-state index contributed by atoms with van der Waals surface area (Å²) >= 11 is 6.43. The number of rotatable bonds is 6. The standard InChI is InChI=1S/C27H29ClN2O5/c1-3-35-27(33)25-18(2)30(24(31)16-22(25)21-6-4-5-7-23(21)28)17-19-8-10-20(11-9-19)26(32)29-12-14-34-15-13-29/h4-11,22H,3,12-17H2,1-2H3. The molecule has 1 saturated heterocycles. The molecule has 2 aliphatic rings. The van der Waals surface area contributed by atoms with E-state index in [9.17, 15) is 14.4 Å². The van der Waals surface area contributed by atoms with Gasteiger partial charge in [-0.3, -0.25) is 9.59 Å². The summed E-state index contributed by atoms with van der Waals surface area (Å²) in [6, 6.07) is 14.5. The minimum atomic E-state index is -0.472. The van der Waals surface area contributed by atoms with Crippen molar-refractivity contribution in [2.45, 2.75) is 32.7 Å². The molecule has 1 atom stereocenters. The summed E-state index contributed by atoms with van der Waals surface area (Å²) in [7, 11) is 0. The first-order valence-corrected chi connectivity index (χ1v) is 12.2. The maximum atomic E-state index is 13.2. The number of benzene rings is 2. The lowest BCUT2D eigenvalue weighted by Gasteiger charge is -2.35. The number of allylic oxidation sites excluding steroid dienone is 1. The molecule has 0 aliphatic carbocycles. The van der Waals surface area contributed by atoms with Crippen LogP contribution in [0.25, 0.3) is 0 Å². The maximum Gasteiger partial charge on any atom is 0.336 e. The van der Waals surface area contributed by atoms with Gasteiger partial charge in [0.2, 0.25) is 5.91 Å². The Morgan fingerprint density at radius 1 is 1.09 bits per heavy atom. The average Bonchev–Trinajstić information content (AvgIpc) is 2.87. The second-order valence-electron chi connectivity index (χ2n) is 8.58. The van der Waals surface area contributed by atoms with Gasteiger partial charge in [-0.25, -0.2) is 4.79 Å². The Balaban J connectivity index is 1.59. The number of amides is 2. The van der Waals surface area contributed by atoms with Crippen LogP contribution < -0.4 is 0 Å². The highest BCUT2D eigenvalue weighted by Crippen LogP contribution is 2.40. The van der Waals surface area contributed by atoms with Crippen molar-refractivity contribution in [1.29, 1.82) is 0 Å². The zero-order valence-corrected chi connectivity index (χ0v) is 20.7. The van der Waals surface area contributed by atoms with Crippen molar-refractivity contribution in [2.24, 2.45) is 0 Å². The summed E-state index contributed by atoms with van der Waals surface area (Å²) < 4.78 is 10.7. The predicted octanol–water partition coefficient (Wildman–Crippen LogP) is 4.17. The molecule has 0 radical (unpaired) electrons. The number of carbonyl (C=O) groups excluding carboxylic acids is 3. The molecule has 1 unspecified atom stereocenters. The highest BCUT2D eigenvalue weighted by atomic mass is 35.5. The van der Waals surface area contributed by atoms with E-state index in [2.05, 4.69) is 0 Å². The molecule has 2 amide bonds. The Morgan fingerprint density at radius 2 is 1.77 bits per heavy atom. The topological polar surface area (TPSA) is 76.2 Å². The molecule has 0 spiro atoms. The number of esters is 1. The van der Waals surface area contributed by atoms with Gasteiger partial charge in [-0.1, -0.05) is 41.9 Å². The molecule has 0 saturated carbocycles. The van der Waals surface area contributed by atoms with Crippen molar-refractivity contribution in [3.05, 3.63) is 81.5 Å². The van der Waals surface area contributed by atoms with Gasteiger partial charge in [-0.15, -0.1) is 0 Å². The highest BCUT2D eigenvalue weighted by Gasteiger charge is 2.37. The molecule has 184 valence electrons. The summed E-state index contributed by atoms with van der Waals surface area (Å²) in [5.74, 6) is -1.05. The van der Waals surface area contributed by atoms with Crippen molar-refractivity contribution in [3.63, 3.8) is 0 Å². The van der Waals surface area contributed by atoms with Gasteiger partial charge in [0.05, 0.1) is 31.9 Å². The van der Waals surface area contributed by atoms with E-state index in [-0.39, 0.29) is 31.4 Å². The van der Waals surface area contributed by atoms with E-state index >= 15 is 0 Å². The number of nitrogens with zero attached hydrogens (tertiary/aromatic N) is 2. The summed E-state index contributed by atoms with van der Waals surface area (Å²) in [5.41, 5.74) is 3.18. The van der Waals surface area contributed by atoms with Gasteiger partial charge in [-0.2, -0.15) is 0 Å². The van der Waals surface area contributed by atoms with Crippen molar-refractivity contribution < 1.29 is 23.9 Å². The third-order valence-electron chi connectivity index (χ3n) is 6.44. The van der Waals surface area contributed by atoms with Crippen LogP contribution in [0.15, 0.2) is 59.8 Å². The molecule has 2 heterocycles. The van der Waals surface area contributed by atoms with Crippen molar-refractivity contribution in [1.82, 2.24) is 9.80 Å². The van der Waals surface area contributed by atoms with Crippen molar-refractivity contribution >= 4 is 29.4 Å². The summed E-state index contributed by atoms with van der Waals surface area (Å²) in [5, 5.41) is 0.508. The van der Waals surface area contributed by atoms with Crippen LogP contribution in [0.1, 0.15) is 47.7 Å². The molecule has 0 N–H and O–H groups in total. The van der Waals surface area contributed by atoms with Gasteiger partial charge < -0.3 is 19.3 Å². The smallest absolute Gasteiger partial charge is 0.336 e. The fourth-order valence-electron chi connectivity index (χ4n) is 4.58. The van der Waals surface area contributed by atoms with Crippen LogP contribution in [0, 0.1) is 0 Å². The third kappa shape index (κ3) is 5.41. The quantitative estimate of drug-likeness (QED) is 0.561. The maximum absolute atomic E-state index is 13.2. The van der Waals surface area contributed by atoms with Crippen LogP contribution >= 0.6 is 11.6 Å². The minimum absolute atomic E-state index is 0.0304. The minimum Gasteiger partial charge on any atom is -0.463 e. The molecular formula is C27H29ClN2O5. The van der Waals surface area contributed by atoms with E-state index in [1.807, 2.05) is 30.3 Å². The van der Waals surface area contributed by atoms with Gasteiger partial charge >= 0.3 is 5.97 Å². The lowest BCUT2D eigenvalue weighted by Crippen LogP contribution is -2.40. The normalized spacial score (nSPS) is 18.6. The van der Waals surface area contributed by atoms with Crippen LogP contribution in [0.4, 0.5) is 0 Å². The van der Waals surface area contributed by atoms with E-state index in [0.717, 1.165) is 11.1 Å². The molecule has 1 fully saturated rings. The number of hydrogen-bond donors (Lipinski definition) is 0. The number of ether oxygens (including phenoxy) is 2. The molecule has 0 bridgehead atoms. The zero-order valence-electron chi connectivity index (χ0n) is 20.0. The van der Waals surface area contributed by atoms with Crippen LogP contribution in [-0.4, -0.2) is 60.5 Å². The monoisotopic (exact) mass is 496 g/mol. The Morgan fingerprint density at radius 3 is 2.43 bits per heavy atom. The Hall–Kier alpha value is -3.16. The molecule has 4 rings (SSSR count). The van der Waals surface area contributed by atoms with Crippen LogP contribution in [-0.2, 0) is 25.6 Å². The van der Waals surface area contributed by atoms with Crippen LogP contribution in [0.3, 0.4) is 0 Å². The number of hydrogen-bond acceptors (Lipinski definition) is 5.